The van der Waals surface area contributed by atoms with E-state index in [-0.39, 0.29) is 12.5 Å². The van der Waals surface area contributed by atoms with Crippen LogP contribution in [0.3, 0.4) is 0 Å². The lowest BCUT2D eigenvalue weighted by Gasteiger charge is -2.34. The summed E-state index contributed by atoms with van der Waals surface area (Å²) >= 11 is 0. The number of aliphatic carboxylic acids is 1. The lowest BCUT2D eigenvalue weighted by atomic mass is 9.87. The maximum atomic E-state index is 11.2. The predicted octanol–water partition coefficient (Wildman–Crippen LogP) is -0.393. The van der Waals surface area contributed by atoms with Crippen molar-refractivity contribution in [1.82, 2.24) is 0 Å². The van der Waals surface area contributed by atoms with Crippen LogP contribution in [0.2, 0.25) is 0 Å². The molecule has 0 aromatic heterocycles. The van der Waals surface area contributed by atoms with E-state index >= 15 is 0 Å². The molecule has 0 rings (SSSR count). The molecular formula is C14H29NO4. The first-order valence-corrected chi connectivity index (χ1v) is 6.96. The number of hydrogen-bond acceptors (Lipinski definition) is 4. The molecule has 5 heteroatoms. The van der Waals surface area contributed by atoms with E-state index in [1.807, 2.05) is 35.0 Å². The van der Waals surface area contributed by atoms with Gasteiger partial charge in [0.15, 0.2) is 0 Å². The highest BCUT2D eigenvalue weighted by Gasteiger charge is 2.32. The minimum absolute atomic E-state index is 0.234. The number of hydrogen-bond donors (Lipinski definition) is 2. The standard InChI is InChI=1S/C14H29NO4/c1-6-7-10(2)8-11(16)13(14(18)19)12(17)9-15(3,4)5/h10-13,16-17H,6-9H2,1-5H3. The molecule has 5 nitrogen and oxygen atoms in total. The summed E-state index contributed by atoms with van der Waals surface area (Å²) in [6, 6.07) is 0. The topological polar surface area (TPSA) is 80.6 Å². The minimum Gasteiger partial charge on any atom is -0.550 e. The van der Waals surface area contributed by atoms with Gasteiger partial charge < -0.3 is 24.6 Å². The largest absolute Gasteiger partial charge is 0.550 e. The molecule has 2 N–H and O–H groups in total. The molecule has 0 saturated carbocycles. The summed E-state index contributed by atoms with van der Waals surface area (Å²) in [6.45, 7) is 4.29. The van der Waals surface area contributed by atoms with Gasteiger partial charge in [0.25, 0.3) is 0 Å². The molecule has 0 bridgehead atoms. The Morgan fingerprint density at radius 2 is 1.74 bits per heavy atom. The average molecular weight is 275 g/mol. The molecule has 0 spiro atoms. The fourth-order valence-electron chi connectivity index (χ4n) is 2.41. The van der Waals surface area contributed by atoms with Gasteiger partial charge in [0, 0.05) is 5.97 Å². The summed E-state index contributed by atoms with van der Waals surface area (Å²) in [5.74, 6) is -2.37. The quantitative estimate of drug-likeness (QED) is 0.561. The van der Waals surface area contributed by atoms with E-state index in [4.69, 9.17) is 0 Å². The van der Waals surface area contributed by atoms with Crippen LogP contribution in [0.1, 0.15) is 33.1 Å². The number of likely N-dealkylation sites (N-methyl/N-ethyl adjacent to an activating group) is 1. The third kappa shape index (κ3) is 7.50. The molecule has 0 aromatic rings. The minimum atomic E-state index is -1.38. The summed E-state index contributed by atoms with van der Waals surface area (Å²) in [5, 5.41) is 31.3. The van der Waals surface area contributed by atoms with E-state index in [1.165, 1.54) is 0 Å². The Morgan fingerprint density at radius 1 is 1.21 bits per heavy atom. The third-order valence-electron chi connectivity index (χ3n) is 3.26. The molecule has 0 aliphatic heterocycles. The van der Waals surface area contributed by atoms with E-state index in [0.717, 1.165) is 12.8 Å². The summed E-state index contributed by atoms with van der Waals surface area (Å²) in [4.78, 5) is 11.2. The van der Waals surface area contributed by atoms with Crippen LogP contribution in [0.25, 0.3) is 0 Å². The first-order valence-electron chi connectivity index (χ1n) is 6.96. The zero-order valence-electron chi connectivity index (χ0n) is 12.8. The van der Waals surface area contributed by atoms with Gasteiger partial charge in [-0.2, -0.15) is 0 Å². The zero-order chi connectivity index (χ0) is 15.2. The van der Waals surface area contributed by atoms with Crippen LogP contribution in [-0.2, 0) is 4.79 Å². The summed E-state index contributed by atoms with van der Waals surface area (Å²) in [6.07, 6.45) is 0.135. The number of rotatable bonds is 9. The second-order valence-corrected chi connectivity index (χ2v) is 6.58. The first kappa shape index (κ1) is 18.4. The van der Waals surface area contributed by atoms with Crippen molar-refractivity contribution >= 4 is 5.97 Å². The molecule has 0 fully saturated rings. The molecule has 0 amide bonds. The fraction of sp³-hybridized carbons (Fsp3) is 0.929. The third-order valence-corrected chi connectivity index (χ3v) is 3.26. The van der Waals surface area contributed by atoms with Gasteiger partial charge in [0.05, 0.1) is 33.2 Å². The predicted molar refractivity (Wildman–Crippen MR) is 72.1 cm³/mol. The normalized spacial score (nSPS) is 18.7. The highest BCUT2D eigenvalue weighted by Crippen LogP contribution is 2.20. The van der Waals surface area contributed by atoms with Crippen molar-refractivity contribution in [1.29, 1.82) is 0 Å². The zero-order valence-corrected chi connectivity index (χ0v) is 12.8. The second-order valence-electron chi connectivity index (χ2n) is 6.58. The van der Waals surface area contributed by atoms with Gasteiger partial charge in [-0.25, -0.2) is 0 Å². The summed E-state index contributed by atoms with van der Waals surface area (Å²) in [7, 11) is 5.59. The molecular weight excluding hydrogens is 246 g/mol. The molecule has 0 saturated heterocycles. The van der Waals surface area contributed by atoms with E-state index in [0.29, 0.717) is 10.9 Å². The Morgan fingerprint density at radius 3 is 2.11 bits per heavy atom. The Hall–Kier alpha value is -0.650. The van der Waals surface area contributed by atoms with Crippen molar-refractivity contribution in [2.24, 2.45) is 11.8 Å². The highest BCUT2D eigenvalue weighted by atomic mass is 16.4. The Labute approximate surface area is 116 Å². The van der Waals surface area contributed by atoms with Crippen molar-refractivity contribution in [2.45, 2.75) is 45.3 Å². The van der Waals surface area contributed by atoms with Crippen molar-refractivity contribution < 1.29 is 24.6 Å². The Bertz CT molecular complexity index is 275. The molecule has 0 heterocycles. The number of carboxylic acids is 1. The molecule has 19 heavy (non-hydrogen) atoms. The van der Waals surface area contributed by atoms with Gasteiger partial charge in [0.1, 0.15) is 12.6 Å². The number of carboxylic acid groups (broad SMARTS) is 1. The number of quaternary nitrogens is 1. The summed E-state index contributed by atoms with van der Waals surface area (Å²) < 4.78 is 0.433. The molecule has 114 valence electrons. The van der Waals surface area contributed by atoms with Crippen LogP contribution in [0, 0.1) is 11.8 Å². The van der Waals surface area contributed by atoms with Crippen molar-refractivity contribution in [3.05, 3.63) is 0 Å². The van der Waals surface area contributed by atoms with Crippen LogP contribution in [0.5, 0.6) is 0 Å². The monoisotopic (exact) mass is 275 g/mol. The van der Waals surface area contributed by atoms with Gasteiger partial charge in [-0.15, -0.1) is 0 Å². The smallest absolute Gasteiger partial charge is 0.113 e. The van der Waals surface area contributed by atoms with Gasteiger partial charge >= 0.3 is 0 Å². The van der Waals surface area contributed by atoms with E-state index in [9.17, 15) is 20.1 Å². The molecule has 0 aliphatic rings. The van der Waals surface area contributed by atoms with Crippen LogP contribution in [0.15, 0.2) is 0 Å². The summed E-state index contributed by atoms with van der Waals surface area (Å²) in [5.41, 5.74) is 0. The Balaban J connectivity index is 4.67. The second kappa shape index (κ2) is 7.82. The lowest BCUT2D eigenvalue weighted by molar-refractivity contribution is -0.874. The molecule has 0 radical (unpaired) electrons. The van der Waals surface area contributed by atoms with Gasteiger partial charge in [0.2, 0.25) is 0 Å². The molecule has 0 aromatic carbocycles. The fourth-order valence-corrected chi connectivity index (χ4v) is 2.41. The van der Waals surface area contributed by atoms with Crippen molar-refractivity contribution in [3.8, 4) is 0 Å². The van der Waals surface area contributed by atoms with Crippen molar-refractivity contribution in [2.75, 3.05) is 27.7 Å². The van der Waals surface area contributed by atoms with Gasteiger partial charge in [-0.1, -0.05) is 26.7 Å². The van der Waals surface area contributed by atoms with E-state index in [2.05, 4.69) is 0 Å². The highest BCUT2D eigenvalue weighted by molar-refractivity contribution is 5.69. The van der Waals surface area contributed by atoms with Crippen molar-refractivity contribution in [3.63, 3.8) is 0 Å². The van der Waals surface area contributed by atoms with Gasteiger partial charge in [-0.05, 0) is 12.3 Å². The van der Waals surface area contributed by atoms with Gasteiger partial charge in [-0.3, -0.25) is 0 Å². The molecule has 4 unspecified atom stereocenters. The van der Waals surface area contributed by atoms with E-state index in [1.54, 1.807) is 0 Å². The maximum absolute atomic E-state index is 11.2. The molecule has 4 atom stereocenters. The first-order chi connectivity index (χ1) is 8.58. The SMILES string of the molecule is CCCC(C)CC(O)C(C(=O)[O-])C(O)C[N+](C)(C)C. The number of aliphatic hydroxyl groups excluding tert-OH is 2. The number of carbonyl (C=O) groups is 1. The van der Waals surface area contributed by atoms with E-state index < -0.39 is 24.1 Å². The number of aliphatic hydroxyl groups is 2. The van der Waals surface area contributed by atoms with Crippen LogP contribution >= 0.6 is 0 Å². The average Bonchev–Trinajstić information content (AvgIpc) is 2.13. The number of carbonyl (C=O) groups excluding carboxylic acids is 1. The van der Waals surface area contributed by atoms with Crippen LogP contribution in [0.4, 0.5) is 0 Å². The van der Waals surface area contributed by atoms with Crippen LogP contribution < -0.4 is 5.11 Å². The Kier molecular flexibility index (Phi) is 7.55. The maximum Gasteiger partial charge on any atom is 0.113 e. The lowest BCUT2D eigenvalue weighted by Crippen LogP contribution is -2.52. The number of nitrogens with zero attached hydrogens (tertiary/aromatic N) is 1. The van der Waals surface area contributed by atoms with Crippen LogP contribution in [-0.4, -0.2) is 60.6 Å². The molecule has 0 aliphatic carbocycles.